The molecule has 130 valence electrons. The Morgan fingerprint density at radius 3 is 2.46 bits per heavy atom. The van der Waals surface area contributed by atoms with E-state index >= 15 is 0 Å². The third-order valence-corrected chi connectivity index (χ3v) is 4.37. The van der Waals surface area contributed by atoms with Gasteiger partial charge in [0.25, 0.3) is 5.91 Å². The normalized spacial score (nSPS) is 19.3. The number of rotatable bonds is 3. The Labute approximate surface area is 155 Å². The van der Waals surface area contributed by atoms with Crippen LogP contribution >= 0.6 is 24.8 Å². The van der Waals surface area contributed by atoms with Gasteiger partial charge in [-0.25, -0.2) is 4.98 Å². The summed E-state index contributed by atoms with van der Waals surface area (Å²) in [5, 5.41) is 0. The molecule has 0 aliphatic carbocycles. The molecule has 2 aromatic rings. The lowest BCUT2D eigenvalue weighted by molar-refractivity contribution is 0.0780. The summed E-state index contributed by atoms with van der Waals surface area (Å²) >= 11 is 0. The van der Waals surface area contributed by atoms with Gasteiger partial charge < -0.3 is 10.6 Å². The lowest BCUT2D eigenvalue weighted by atomic mass is 9.89. The van der Waals surface area contributed by atoms with Crippen molar-refractivity contribution in [1.29, 1.82) is 0 Å². The van der Waals surface area contributed by atoms with Crippen LogP contribution in [0.5, 0.6) is 0 Å². The quantitative estimate of drug-likeness (QED) is 0.906. The molecule has 0 spiro atoms. The molecular weight excluding hydrogens is 345 g/mol. The summed E-state index contributed by atoms with van der Waals surface area (Å²) in [4.78, 5) is 18.9. The molecule has 1 amide bonds. The van der Waals surface area contributed by atoms with Crippen LogP contribution in [0.25, 0.3) is 0 Å². The molecule has 2 heterocycles. The summed E-state index contributed by atoms with van der Waals surface area (Å²) in [5.41, 5.74) is 8.57. The molecule has 0 saturated carbocycles. The molecule has 1 aliphatic heterocycles. The van der Waals surface area contributed by atoms with Crippen LogP contribution in [0.1, 0.15) is 27.7 Å². The number of aryl methyl sites for hydroxylation is 1. The lowest BCUT2D eigenvalue weighted by Gasteiger charge is -2.16. The highest BCUT2D eigenvalue weighted by molar-refractivity contribution is 5.92. The molecule has 6 heteroatoms. The van der Waals surface area contributed by atoms with Gasteiger partial charge in [0, 0.05) is 24.7 Å². The van der Waals surface area contributed by atoms with Crippen molar-refractivity contribution in [2.75, 3.05) is 19.6 Å². The van der Waals surface area contributed by atoms with Gasteiger partial charge in [0.1, 0.15) is 5.69 Å². The predicted molar refractivity (Wildman–Crippen MR) is 101 cm³/mol. The van der Waals surface area contributed by atoms with Gasteiger partial charge in [0.2, 0.25) is 0 Å². The van der Waals surface area contributed by atoms with Crippen molar-refractivity contribution in [3.63, 3.8) is 0 Å². The number of hydrogen-bond donors (Lipinski definition) is 1. The highest BCUT2D eigenvalue weighted by Crippen LogP contribution is 2.32. The molecule has 1 aromatic carbocycles. The molecule has 4 nitrogen and oxygen atoms in total. The van der Waals surface area contributed by atoms with Crippen molar-refractivity contribution in [3.05, 3.63) is 65.5 Å². The van der Waals surface area contributed by atoms with Crippen molar-refractivity contribution < 1.29 is 4.79 Å². The molecule has 24 heavy (non-hydrogen) atoms. The maximum absolute atomic E-state index is 12.7. The average molecular weight is 368 g/mol. The van der Waals surface area contributed by atoms with E-state index in [0.717, 1.165) is 5.69 Å². The number of carbonyl (C=O) groups excluding carboxylic acids is 1. The van der Waals surface area contributed by atoms with Gasteiger partial charge in [0.15, 0.2) is 0 Å². The Balaban J connectivity index is 0.00000144. The molecule has 1 aromatic heterocycles. The smallest absolute Gasteiger partial charge is 0.272 e. The number of amides is 1. The molecule has 0 radical (unpaired) electrons. The second-order valence-electron chi connectivity index (χ2n) is 5.89. The summed E-state index contributed by atoms with van der Waals surface area (Å²) in [6, 6.07) is 15.9. The number of benzene rings is 1. The van der Waals surface area contributed by atoms with Crippen molar-refractivity contribution >= 4 is 30.7 Å². The number of hydrogen-bond acceptors (Lipinski definition) is 3. The monoisotopic (exact) mass is 367 g/mol. The molecule has 1 fully saturated rings. The number of aromatic nitrogens is 1. The van der Waals surface area contributed by atoms with E-state index in [1.165, 1.54) is 5.56 Å². The van der Waals surface area contributed by atoms with Gasteiger partial charge in [-0.15, -0.1) is 24.8 Å². The zero-order chi connectivity index (χ0) is 15.5. The van der Waals surface area contributed by atoms with E-state index in [2.05, 4.69) is 17.1 Å². The Morgan fingerprint density at radius 2 is 1.83 bits per heavy atom. The number of halogens is 2. The van der Waals surface area contributed by atoms with Crippen molar-refractivity contribution in [2.45, 2.75) is 12.8 Å². The maximum Gasteiger partial charge on any atom is 0.272 e. The van der Waals surface area contributed by atoms with Crippen LogP contribution in [-0.2, 0) is 0 Å². The van der Waals surface area contributed by atoms with Crippen LogP contribution in [0.15, 0.2) is 48.5 Å². The van der Waals surface area contributed by atoms with E-state index in [4.69, 9.17) is 5.73 Å². The second-order valence-corrected chi connectivity index (χ2v) is 5.89. The summed E-state index contributed by atoms with van der Waals surface area (Å²) < 4.78 is 0. The standard InChI is InChI=1S/C18H21N3O.2ClH/c1-13-6-5-9-17(20-13)18(22)21-11-15(10-19)16(12-21)14-7-3-2-4-8-14;;/h2-9,15-16H,10-12,19H2,1H3;2*1H/t15-,16+;;/m1../s1. The highest BCUT2D eigenvalue weighted by Gasteiger charge is 2.35. The summed E-state index contributed by atoms with van der Waals surface area (Å²) in [6.45, 7) is 3.89. The van der Waals surface area contributed by atoms with Gasteiger partial charge in [0.05, 0.1) is 0 Å². The Bertz CT molecular complexity index is 666. The van der Waals surface area contributed by atoms with Crippen molar-refractivity contribution in [1.82, 2.24) is 9.88 Å². The van der Waals surface area contributed by atoms with Gasteiger partial charge in [-0.3, -0.25) is 4.79 Å². The average Bonchev–Trinajstić information content (AvgIpc) is 2.99. The zero-order valence-corrected chi connectivity index (χ0v) is 15.2. The van der Waals surface area contributed by atoms with E-state index in [1.807, 2.05) is 42.2 Å². The third-order valence-electron chi connectivity index (χ3n) is 4.37. The van der Waals surface area contributed by atoms with E-state index in [1.54, 1.807) is 6.07 Å². The maximum atomic E-state index is 12.7. The third kappa shape index (κ3) is 4.26. The molecule has 0 bridgehead atoms. The fraction of sp³-hybridized carbons (Fsp3) is 0.333. The fourth-order valence-electron chi connectivity index (χ4n) is 3.18. The van der Waals surface area contributed by atoms with E-state index in [9.17, 15) is 4.79 Å². The Kier molecular flexibility index (Phi) is 7.67. The first-order valence-electron chi connectivity index (χ1n) is 7.67. The largest absolute Gasteiger partial charge is 0.336 e. The van der Waals surface area contributed by atoms with E-state index in [-0.39, 0.29) is 30.7 Å². The van der Waals surface area contributed by atoms with Gasteiger partial charge in [-0.2, -0.15) is 0 Å². The molecule has 1 saturated heterocycles. The topological polar surface area (TPSA) is 59.2 Å². The van der Waals surface area contributed by atoms with Crippen molar-refractivity contribution in [2.24, 2.45) is 11.7 Å². The zero-order valence-electron chi connectivity index (χ0n) is 13.6. The minimum absolute atomic E-state index is 0. The number of nitrogens with two attached hydrogens (primary N) is 1. The van der Waals surface area contributed by atoms with Gasteiger partial charge >= 0.3 is 0 Å². The minimum Gasteiger partial charge on any atom is -0.336 e. The van der Waals surface area contributed by atoms with Crippen LogP contribution < -0.4 is 5.73 Å². The Hall–Kier alpha value is -1.62. The van der Waals surface area contributed by atoms with Crippen LogP contribution in [0, 0.1) is 12.8 Å². The molecule has 2 atom stereocenters. The SMILES string of the molecule is Cc1cccc(C(=O)N2C[C@@H](CN)[C@H](c3ccccc3)C2)n1.Cl.Cl. The van der Waals surface area contributed by atoms with Crippen LogP contribution in [0.3, 0.4) is 0 Å². The van der Waals surface area contributed by atoms with Crippen molar-refractivity contribution in [3.8, 4) is 0 Å². The van der Waals surface area contributed by atoms with Crippen LogP contribution in [0.4, 0.5) is 0 Å². The highest BCUT2D eigenvalue weighted by atomic mass is 35.5. The second kappa shape index (κ2) is 9.02. The first kappa shape index (κ1) is 20.4. The van der Waals surface area contributed by atoms with Crippen LogP contribution in [0.2, 0.25) is 0 Å². The lowest BCUT2D eigenvalue weighted by Crippen LogP contribution is -2.30. The van der Waals surface area contributed by atoms with E-state index in [0.29, 0.717) is 37.2 Å². The number of nitrogens with zero attached hydrogens (tertiary/aromatic N) is 2. The summed E-state index contributed by atoms with van der Waals surface area (Å²) in [6.07, 6.45) is 0. The first-order chi connectivity index (χ1) is 10.7. The summed E-state index contributed by atoms with van der Waals surface area (Å²) in [5.74, 6) is 0.608. The molecular formula is C18H23Cl2N3O. The minimum atomic E-state index is 0. The fourth-order valence-corrected chi connectivity index (χ4v) is 3.18. The van der Waals surface area contributed by atoms with Gasteiger partial charge in [-0.1, -0.05) is 36.4 Å². The number of likely N-dealkylation sites (tertiary alicyclic amines) is 1. The molecule has 2 N–H and O–H groups in total. The predicted octanol–water partition coefficient (Wildman–Crippen LogP) is 3.05. The first-order valence-corrected chi connectivity index (χ1v) is 7.67. The van der Waals surface area contributed by atoms with Gasteiger partial charge in [-0.05, 0) is 37.1 Å². The number of pyridine rings is 1. The number of carbonyl (C=O) groups is 1. The molecule has 1 aliphatic rings. The molecule has 3 rings (SSSR count). The molecule has 0 unspecified atom stereocenters. The Morgan fingerprint density at radius 1 is 1.12 bits per heavy atom. The van der Waals surface area contributed by atoms with Crippen LogP contribution in [-0.4, -0.2) is 35.4 Å². The van der Waals surface area contributed by atoms with E-state index < -0.39 is 0 Å². The summed E-state index contributed by atoms with van der Waals surface area (Å²) in [7, 11) is 0.